The number of imidazole rings is 1. The van der Waals surface area contributed by atoms with E-state index in [9.17, 15) is 18.0 Å². The Morgan fingerprint density at radius 3 is 2.72 bits per heavy atom. The fourth-order valence-corrected chi connectivity index (χ4v) is 6.87. The minimum atomic E-state index is -3.26. The van der Waals surface area contributed by atoms with Crippen LogP contribution in [0.25, 0.3) is 0 Å². The highest BCUT2D eigenvalue weighted by atomic mass is 35.5. The van der Waals surface area contributed by atoms with E-state index >= 15 is 0 Å². The smallest absolute Gasteiger partial charge is 0.315 e. The fourth-order valence-electron chi connectivity index (χ4n) is 4.48. The number of rotatable bonds is 8. The van der Waals surface area contributed by atoms with E-state index in [1.807, 2.05) is 29.9 Å². The Labute approximate surface area is 191 Å². The molecule has 2 saturated heterocycles. The molecule has 32 heavy (non-hydrogen) atoms. The lowest BCUT2D eigenvalue weighted by Crippen LogP contribution is -2.39. The van der Waals surface area contributed by atoms with Gasteiger partial charge in [0.2, 0.25) is 5.91 Å². The number of unbranched alkanes of at least 4 members (excludes halogenated alkanes) is 1. The van der Waals surface area contributed by atoms with Crippen molar-refractivity contribution in [2.24, 2.45) is 7.05 Å². The van der Waals surface area contributed by atoms with Gasteiger partial charge in [-0.1, -0.05) is 30.2 Å². The number of carbonyl (C=O) groups excluding carboxylic acids is 2. The minimum Gasteiger partial charge on any atom is -0.342 e. The second-order valence-electron chi connectivity index (χ2n) is 8.31. The van der Waals surface area contributed by atoms with Gasteiger partial charge < -0.3 is 20.5 Å². The summed E-state index contributed by atoms with van der Waals surface area (Å²) in [6.45, 7) is 0. The van der Waals surface area contributed by atoms with Crippen molar-refractivity contribution in [1.29, 1.82) is 0 Å². The van der Waals surface area contributed by atoms with E-state index in [0.29, 0.717) is 30.1 Å². The first-order valence-corrected chi connectivity index (χ1v) is 12.6. The molecule has 0 spiro atoms. The molecule has 4 rings (SSSR count). The summed E-state index contributed by atoms with van der Waals surface area (Å²) in [6.07, 6.45) is 5.29. The van der Waals surface area contributed by atoms with Gasteiger partial charge in [0.15, 0.2) is 9.84 Å². The number of benzene rings is 1. The van der Waals surface area contributed by atoms with Gasteiger partial charge in [-0.2, -0.15) is 0 Å². The van der Waals surface area contributed by atoms with Gasteiger partial charge in [0.25, 0.3) is 0 Å². The molecule has 2 aliphatic rings. The van der Waals surface area contributed by atoms with Crippen molar-refractivity contribution in [3.05, 3.63) is 53.1 Å². The van der Waals surface area contributed by atoms with Gasteiger partial charge in [-0.3, -0.25) is 4.79 Å². The molecule has 3 heterocycles. The van der Waals surface area contributed by atoms with Crippen LogP contribution in [0.5, 0.6) is 0 Å². The Morgan fingerprint density at radius 2 is 2.03 bits per heavy atom. The fraction of sp³-hybridized carbons (Fsp3) is 0.476. The third-order valence-electron chi connectivity index (χ3n) is 6.09. The zero-order valence-corrected chi connectivity index (χ0v) is 19.2. The molecule has 4 atom stereocenters. The van der Waals surface area contributed by atoms with Crippen LogP contribution in [-0.2, 0) is 21.7 Å². The van der Waals surface area contributed by atoms with Crippen molar-refractivity contribution in [1.82, 2.24) is 25.5 Å². The number of hydrogen-bond acceptors (Lipinski definition) is 5. The predicted octanol–water partition coefficient (Wildman–Crippen LogP) is 1.69. The standard InChI is InChI=1S/C21H26ClN5O4S/c1-27-11-10-23-20(27)18(13-6-8-14(22)9-7-13)25-17(28)5-3-2-4-16-19-15(12-32(16,30)31)24-21(29)26-19/h6-11,15-16,18-19H,2-5,12H2,1H3,(H,25,28)(H2,24,26,29)/t15-,16-,18-,19-/m1/s1. The lowest BCUT2D eigenvalue weighted by Gasteiger charge is -2.20. The number of sulfone groups is 1. The first-order valence-electron chi connectivity index (χ1n) is 10.6. The molecule has 1 aromatic carbocycles. The van der Waals surface area contributed by atoms with Crippen molar-refractivity contribution in [2.75, 3.05) is 5.75 Å². The van der Waals surface area contributed by atoms with Gasteiger partial charge in [-0.25, -0.2) is 18.2 Å². The predicted molar refractivity (Wildman–Crippen MR) is 120 cm³/mol. The number of aryl methyl sites for hydroxylation is 1. The highest BCUT2D eigenvalue weighted by Gasteiger charge is 2.51. The molecule has 9 nitrogen and oxygen atoms in total. The third kappa shape index (κ3) is 4.75. The Hall–Kier alpha value is -2.59. The minimum absolute atomic E-state index is 0.0337. The largest absolute Gasteiger partial charge is 0.342 e. The SMILES string of the molecule is Cn1ccnc1[C@H](NC(=O)CCCC[C@@H]1[C@@H]2NC(=O)N[C@@H]2CS1(=O)=O)c1ccc(Cl)cc1. The maximum absolute atomic E-state index is 12.7. The number of nitrogens with zero attached hydrogens (tertiary/aromatic N) is 2. The van der Waals surface area contributed by atoms with Crippen LogP contribution in [-0.4, -0.2) is 53.0 Å². The summed E-state index contributed by atoms with van der Waals surface area (Å²) in [7, 11) is -1.40. The van der Waals surface area contributed by atoms with Crippen molar-refractivity contribution in [3.8, 4) is 0 Å². The van der Waals surface area contributed by atoms with Crippen LogP contribution < -0.4 is 16.0 Å². The van der Waals surface area contributed by atoms with Gasteiger partial charge in [0.1, 0.15) is 11.9 Å². The number of nitrogens with one attached hydrogen (secondary N) is 3. The Bertz CT molecular complexity index is 1100. The summed E-state index contributed by atoms with van der Waals surface area (Å²) >= 11 is 6.00. The van der Waals surface area contributed by atoms with E-state index in [1.165, 1.54) is 0 Å². The second kappa shape index (κ2) is 9.11. The van der Waals surface area contributed by atoms with Crippen molar-refractivity contribution in [2.45, 2.75) is 49.1 Å². The van der Waals surface area contributed by atoms with Crippen LogP contribution in [0, 0.1) is 0 Å². The van der Waals surface area contributed by atoms with Gasteiger partial charge in [0.05, 0.1) is 23.1 Å². The van der Waals surface area contributed by atoms with Gasteiger partial charge >= 0.3 is 6.03 Å². The van der Waals surface area contributed by atoms with E-state index in [1.54, 1.807) is 18.3 Å². The van der Waals surface area contributed by atoms with Crippen LogP contribution in [0.2, 0.25) is 5.02 Å². The summed E-state index contributed by atoms with van der Waals surface area (Å²) in [6, 6.07) is 5.76. The molecule has 0 saturated carbocycles. The Morgan fingerprint density at radius 1 is 1.28 bits per heavy atom. The Kier molecular flexibility index (Phi) is 6.43. The number of urea groups is 1. The topological polar surface area (TPSA) is 122 Å². The van der Waals surface area contributed by atoms with E-state index in [-0.39, 0.29) is 36.2 Å². The van der Waals surface area contributed by atoms with Gasteiger partial charge in [-0.15, -0.1) is 0 Å². The van der Waals surface area contributed by atoms with Gasteiger partial charge in [-0.05, 0) is 30.5 Å². The highest BCUT2D eigenvalue weighted by molar-refractivity contribution is 7.92. The Balaban J connectivity index is 1.33. The van der Waals surface area contributed by atoms with Crippen molar-refractivity contribution in [3.63, 3.8) is 0 Å². The summed E-state index contributed by atoms with van der Waals surface area (Å²) < 4.78 is 26.7. The summed E-state index contributed by atoms with van der Waals surface area (Å²) in [5.41, 5.74) is 0.865. The van der Waals surface area contributed by atoms with Crippen LogP contribution in [0.4, 0.5) is 4.79 Å². The van der Waals surface area contributed by atoms with Crippen LogP contribution in [0.1, 0.15) is 43.1 Å². The van der Waals surface area contributed by atoms with E-state index in [4.69, 9.17) is 11.6 Å². The molecule has 0 bridgehead atoms. The maximum Gasteiger partial charge on any atom is 0.315 e. The second-order valence-corrected chi connectivity index (χ2v) is 11.0. The van der Waals surface area contributed by atoms with Crippen LogP contribution >= 0.6 is 11.6 Å². The van der Waals surface area contributed by atoms with Crippen LogP contribution in [0.15, 0.2) is 36.7 Å². The number of aromatic nitrogens is 2. The molecule has 172 valence electrons. The number of halogens is 1. The normalized spacial score (nSPS) is 24.4. The average Bonchev–Trinajstić information content (AvgIpc) is 3.37. The average molecular weight is 480 g/mol. The number of carbonyl (C=O) groups is 2. The number of amides is 3. The zero-order valence-electron chi connectivity index (χ0n) is 17.6. The van der Waals surface area contributed by atoms with Gasteiger partial charge in [0, 0.05) is 30.9 Å². The number of fused-ring (bicyclic) bond motifs is 1. The molecule has 3 amide bonds. The van der Waals surface area contributed by atoms with E-state index in [2.05, 4.69) is 20.9 Å². The molecule has 0 unspecified atom stereocenters. The van der Waals surface area contributed by atoms with E-state index in [0.717, 1.165) is 5.56 Å². The molecular weight excluding hydrogens is 454 g/mol. The molecule has 2 fully saturated rings. The first-order chi connectivity index (χ1) is 15.2. The maximum atomic E-state index is 12.7. The monoisotopic (exact) mass is 479 g/mol. The molecule has 1 aromatic heterocycles. The summed E-state index contributed by atoms with van der Waals surface area (Å²) in [5, 5.41) is 8.41. The molecule has 0 aliphatic carbocycles. The summed E-state index contributed by atoms with van der Waals surface area (Å²) in [5.74, 6) is 0.526. The van der Waals surface area contributed by atoms with Crippen LogP contribution in [0.3, 0.4) is 0 Å². The number of hydrogen-bond donors (Lipinski definition) is 3. The quantitative estimate of drug-likeness (QED) is 0.393. The summed E-state index contributed by atoms with van der Waals surface area (Å²) in [4.78, 5) is 28.6. The van der Waals surface area contributed by atoms with Crippen molar-refractivity contribution < 1.29 is 18.0 Å². The molecule has 2 aromatic rings. The first kappa shape index (κ1) is 22.6. The highest BCUT2D eigenvalue weighted by Crippen LogP contribution is 2.28. The molecule has 3 N–H and O–H groups in total. The molecule has 0 radical (unpaired) electrons. The van der Waals surface area contributed by atoms with Crippen molar-refractivity contribution >= 4 is 33.4 Å². The molecule has 11 heteroatoms. The molecule has 2 aliphatic heterocycles. The molecular formula is C21H26ClN5O4S. The van der Waals surface area contributed by atoms with E-state index < -0.39 is 21.1 Å². The zero-order chi connectivity index (χ0) is 22.9. The third-order valence-corrected chi connectivity index (χ3v) is 8.62. The lowest BCUT2D eigenvalue weighted by atomic mass is 10.0. The lowest BCUT2D eigenvalue weighted by molar-refractivity contribution is -0.121.